The lowest BCUT2D eigenvalue weighted by Crippen LogP contribution is -2.41. The molecule has 1 aromatic rings. The van der Waals surface area contributed by atoms with Gasteiger partial charge >= 0.3 is 5.97 Å². The van der Waals surface area contributed by atoms with Crippen LogP contribution in [0.15, 0.2) is 24.3 Å². The first-order chi connectivity index (χ1) is 13.6. The van der Waals surface area contributed by atoms with Crippen molar-refractivity contribution in [2.75, 3.05) is 44.8 Å². The van der Waals surface area contributed by atoms with E-state index in [0.717, 1.165) is 56.8 Å². The van der Waals surface area contributed by atoms with E-state index in [1.807, 2.05) is 31.2 Å². The highest BCUT2D eigenvalue weighted by atomic mass is 16.5. The third kappa shape index (κ3) is 6.21. The first-order valence-corrected chi connectivity index (χ1v) is 10.2. The highest BCUT2D eigenvalue weighted by molar-refractivity contribution is 5.92. The third-order valence-electron chi connectivity index (χ3n) is 5.17. The fourth-order valence-electron chi connectivity index (χ4n) is 3.59. The molecule has 0 saturated carbocycles. The maximum absolute atomic E-state index is 12.3. The maximum Gasteiger partial charge on any atom is 0.309 e. The summed E-state index contributed by atoms with van der Waals surface area (Å²) in [6, 6.07) is 7.40. The van der Waals surface area contributed by atoms with Gasteiger partial charge in [-0.2, -0.15) is 0 Å². The van der Waals surface area contributed by atoms with Crippen molar-refractivity contribution < 1.29 is 23.8 Å². The number of nitrogens with one attached hydrogen (secondary N) is 1. The molecular formula is C21H30N2O5. The minimum absolute atomic E-state index is 0.0403. The molecule has 7 heteroatoms. The van der Waals surface area contributed by atoms with Crippen molar-refractivity contribution in [1.82, 2.24) is 4.90 Å². The Hall–Kier alpha value is -2.12. The fraction of sp³-hybridized carbons (Fsp3) is 0.619. The van der Waals surface area contributed by atoms with Crippen molar-refractivity contribution in [2.24, 2.45) is 5.92 Å². The number of esters is 1. The fourth-order valence-corrected chi connectivity index (χ4v) is 3.59. The zero-order valence-electron chi connectivity index (χ0n) is 16.5. The number of likely N-dealkylation sites (tertiary alicyclic amines) is 1. The summed E-state index contributed by atoms with van der Waals surface area (Å²) in [5.74, 6) is 0.562. The molecule has 154 valence electrons. The summed E-state index contributed by atoms with van der Waals surface area (Å²) < 4.78 is 16.4. The topological polar surface area (TPSA) is 77.1 Å². The second-order valence-electron chi connectivity index (χ2n) is 7.32. The van der Waals surface area contributed by atoms with Crippen molar-refractivity contribution in [2.45, 2.75) is 38.7 Å². The molecule has 2 heterocycles. The van der Waals surface area contributed by atoms with Gasteiger partial charge in [-0.1, -0.05) is 0 Å². The van der Waals surface area contributed by atoms with Crippen LogP contribution in [0.5, 0.6) is 5.75 Å². The molecule has 28 heavy (non-hydrogen) atoms. The van der Waals surface area contributed by atoms with Crippen molar-refractivity contribution in [3.05, 3.63) is 24.3 Å². The van der Waals surface area contributed by atoms with Crippen LogP contribution in [-0.2, 0) is 19.1 Å². The lowest BCUT2D eigenvalue weighted by molar-refractivity contribution is -0.149. The molecule has 0 radical (unpaired) electrons. The van der Waals surface area contributed by atoms with Crippen LogP contribution in [-0.4, -0.2) is 62.3 Å². The number of nitrogens with zero attached hydrogens (tertiary/aromatic N) is 1. The van der Waals surface area contributed by atoms with Crippen LogP contribution < -0.4 is 10.1 Å². The van der Waals surface area contributed by atoms with Gasteiger partial charge in [-0.25, -0.2) is 0 Å². The summed E-state index contributed by atoms with van der Waals surface area (Å²) >= 11 is 0. The van der Waals surface area contributed by atoms with Gasteiger partial charge in [-0.3, -0.25) is 14.5 Å². The Morgan fingerprint density at radius 1 is 1.18 bits per heavy atom. The maximum atomic E-state index is 12.3. The van der Waals surface area contributed by atoms with E-state index in [-0.39, 0.29) is 23.9 Å². The molecule has 3 rings (SSSR count). The lowest BCUT2D eigenvalue weighted by atomic mass is 9.97. The molecule has 2 aliphatic heterocycles. The average Bonchev–Trinajstić information content (AvgIpc) is 3.22. The van der Waals surface area contributed by atoms with E-state index in [1.54, 1.807) is 0 Å². The summed E-state index contributed by atoms with van der Waals surface area (Å²) in [6.07, 6.45) is 3.81. The number of anilines is 1. The van der Waals surface area contributed by atoms with Crippen LogP contribution in [0.3, 0.4) is 0 Å². The number of carbonyl (C=O) groups excluding carboxylic acids is 2. The van der Waals surface area contributed by atoms with Crippen molar-refractivity contribution >= 4 is 17.6 Å². The quantitative estimate of drug-likeness (QED) is 0.687. The highest BCUT2D eigenvalue weighted by Gasteiger charge is 2.26. The van der Waals surface area contributed by atoms with Gasteiger partial charge in [-0.15, -0.1) is 0 Å². The number of benzene rings is 1. The van der Waals surface area contributed by atoms with Gasteiger partial charge in [0, 0.05) is 12.3 Å². The Morgan fingerprint density at radius 3 is 2.57 bits per heavy atom. The van der Waals surface area contributed by atoms with Gasteiger partial charge < -0.3 is 19.5 Å². The predicted octanol–water partition coefficient (Wildman–Crippen LogP) is 2.46. The summed E-state index contributed by atoms with van der Waals surface area (Å²) in [4.78, 5) is 26.1. The molecule has 0 aliphatic carbocycles. The normalized spacial score (nSPS) is 20.7. The van der Waals surface area contributed by atoms with Gasteiger partial charge in [0.1, 0.15) is 12.4 Å². The van der Waals surface area contributed by atoms with Gasteiger partial charge in [0.2, 0.25) is 5.91 Å². The standard InChI is InChI=1S/C21H30N2O5/c1-2-26-21(25)16-9-11-23(12-10-16)14-20(24)22-17-5-7-18(8-6-17)28-15-19-4-3-13-27-19/h5-8,16,19H,2-4,9-15H2,1H3,(H,22,24). The summed E-state index contributed by atoms with van der Waals surface area (Å²) in [5.41, 5.74) is 0.746. The van der Waals surface area contributed by atoms with Crippen LogP contribution in [0.1, 0.15) is 32.6 Å². The Morgan fingerprint density at radius 2 is 1.93 bits per heavy atom. The molecule has 1 amide bonds. The van der Waals surface area contributed by atoms with E-state index in [9.17, 15) is 9.59 Å². The van der Waals surface area contributed by atoms with E-state index in [0.29, 0.717) is 19.8 Å². The minimum atomic E-state index is -0.117. The minimum Gasteiger partial charge on any atom is -0.491 e. The number of piperidine rings is 1. The number of rotatable bonds is 8. The van der Waals surface area contributed by atoms with Crippen LogP contribution in [0, 0.1) is 5.92 Å². The van der Waals surface area contributed by atoms with Crippen molar-refractivity contribution in [3.63, 3.8) is 0 Å². The van der Waals surface area contributed by atoms with Gasteiger partial charge in [0.05, 0.1) is 25.2 Å². The number of amides is 1. The molecular weight excluding hydrogens is 360 g/mol. The van der Waals surface area contributed by atoms with Gasteiger partial charge in [0.25, 0.3) is 0 Å². The zero-order valence-corrected chi connectivity index (χ0v) is 16.5. The molecule has 1 unspecified atom stereocenters. The molecule has 2 aliphatic rings. The summed E-state index contributed by atoms with van der Waals surface area (Å²) in [7, 11) is 0. The molecule has 1 N–H and O–H groups in total. The largest absolute Gasteiger partial charge is 0.491 e. The van der Waals surface area contributed by atoms with Crippen LogP contribution >= 0.6 is 0 Å². The van der Waals surface area contributed by atoms with Gasteiger partial charge in [-0.05, 0) is 70.0 Å². The van der Waals surface area contributed by atoms with E-state index in [4.69, 9.17) is 14.2 Å². The SMILES string of the molecule is CCOC(=O)C1CCN(CC(=O)Nc2ccc(OCC3CCCO3)cc2)CC1. The molecule has 1 atom stereocenters. The Kier molecular flexibility index (Phi) is 7.68. The first-order valence-electron chi connectivity index (χ1n) is 10.2. The number of hydrogen-bond donors (Lipinski definition) is 1. The van der Waals surface area contributed by atoms with Crippen LogP contribution in [0.25, 0.3) is 0 Å². The Balaban J connectivity index is 1.37. The molecule has 1 aromatic carbocycles. The highest BCUT2D eigenvalue weighted by Crippen LogP contribution is 2.20. The van der Waals surface area contributed by atoms with Crippen LogP contribution in [0.2, 0.25) is 0 Å². The van der Waals surface area contributed by atoms with E-state index < -0.39 is 0 Å². The number of carbonyl (C=O) groups is 2. The molecule has 0 spiro atoms. The van der Waals surface area contributed by atoms with Crippen LogP contribution in [0.4, 0.5) is 5.69 Å². The molecule has 0 aromatic heterocycles. The third-order valence-corrected chi connectivity index (χ3v) is 5.17. The second-order valence-corrected chi connectivity index (χ2v) is 7.32. The van der Waals surface area contributed by atoms with E-state index in [2.05, 4.69) is 10.2 Å². The molecule has 2 fully saturated rings. The van der Waals surface area contributed by atoms with E-state index in [1.165, 1.54) is 0 Å². The number of ether oxygens (including phenoxy) is 3. The summed E-state index contributed by atoms with van der Waals surface area (Å²) in [6.45, 7) is 5.40. The van der Waals surface area contributed by atoms with Crippen molar-refractivity contribution in [1.29, 1.82) is 0 Å². The first kappa shape index (κ1) is 20.6. The monoisotopic (exact) mass is 390 g/mol. The molecule has 2 saturated heterocycles. The van der Waals surface area contributed by atoms with Crippen molar-refractivity contribution in [3.8, 4) is 5.75 Å². The molecule has 0 bridgehead atoms. The Bertz CT molecular complexity index is 635. The second kappa shape index (κ2) is 10.4. The van der Waals surface area contributed by atoms with E-state index >= 15 is 0 Å². The Labute approximate surface area is 166 Å². The predicted molar refractivity (Wildman–Crippen MR) is 105 cm³/mol. The average molecular weight is 390 g/mol. The van der Waals surface area contributed by atoms with Gasteiger partial charge in [0.15, 0.2) is 0 Å². The summed E-state index contributed by atoms with van der Waals surface area (Å²) in [5, 5.41) is 2.92. The number of hydrogen-bond acceptors (Lipinski definition) is 6. The smallest absolute Gasteiger partial charge is 0.309 e. The molecule has 7 nitrogen and oxygen atoms in total. The zero-order chi connectivity index (χ0) is 19.8. The lowest BCUT2D eigenvalue weighted by Gasteiger charge is -2.30.